The van der Waals surface area contributed by atoms with Crippen LogP contribution in [0.2, 0.25) is 0 Å². The molecule has 49 heavy (non-hydrogen) atoms. The quantitative estimate of drug-likeness (QED) is 0.253. The van der Waals surface area contributed by atoms with Gasteiger partial charge in [0, 0.05) is 43.5 Å². The molecule has 3 aromatic rings. The van der Waals surface area contributed by atoms with E-state index in [9.17, 15) is 35.9 Å². The summed E-state index contributed by atoms with van der Waals surface area (Å²) in [6, 6.07) is 8.96. The van der Waals surface area contributed by atoms with Gasteiger partial charge < -0.3 is 14.2 Å². The molecule has 1 aliphatic carbocycles. The fourth-order valence-corrected chi connectivity index (χ4v) is 7.18. The number of aryl methyl sites for hydroxylation is 1. The number of hydrogen-bond donors (Lipinski definition) is 0. The number of likely N-dealkylation sites (tertiary alicyclic amines) is 1. The summed E-state index contributed by atoms with van der Waals surface area (Å²) in [5, 5.41) is 8.10. The first kappa shape index (κ1) is 34.7. The summed E-state index contributed by atoms with van der Waals surface area (Å²) in [5.41, 5.74) is -2.70. The molecule has 9 nitrogen and oxygen atoms in total. The van der Waals surface area contributed by atoms with Crippen molar-refractivity contribution in [2.24, 2.45) is 7.05 Å². The highest BCUT2D eigenvalue weighted by molar-refractivity contribution is 6.10. The van der Waals surface area contributed by atoms with Crippen molar-refractivity contribution in [2.75, 3.05) is 24.5 Å². The number of amides is 2. The molecule has 0 atom stereocenters. The fraction of sp³-hybridized carbons (Fsp3) is 0.529. The molecule has 0 bridgehead atoms. The number of nitrogens with zero attached hydrogens (tertiary/aromatic N) is 6. The van der Waals surface area contributed by atoms with Gasteiger partial charge in [-0.25, -0.2) is 4.79 Å². The molecule has 2 aromatic carbocycles. The average Bonchev–Trinajstić information content (AvgIpc) is 3.52. The smallest absolute Gasteiger partial charge is 0.416 e. The third-order valence-electron chi connectivity index (χ3n) is 9.68. The van der Waals surface area contributed by atoms with Crippen LogP contribution in [0, 0.1) is 0 Å². The van der Waals surface area contributed by atoms with E-state index in [1.165, 1.54) is 27.1 Å². The van der Waals surface area contributed by atoms with Gasteiger partial charge in [0.15, 0.2) is 0 Å². The minimum Gasteiger partial charge on any atom is -0.444 e. The van der Waals surface area contributed by atoms with E-state index < -0.39 is 53.0 Å². The Morgan fingerprint density at radius 3 is 2.29 bits per heavy atom. The van der Waals surface area contributed by atoms with Crippen molar-refractivity contribution in [3.05, 3.63) is 76.4 Å². The first-order valence-corrected chi connectivity index (χ1v) is 16.0. The van der Waals surface area contributed by atoms with Gasteiger partial charge in [0.25, 0.3) is 5.91 Å². The molecular weight excluding hydrogens is 654 g/mol. The van der Waals surface area contributed by atoms with Crippen LogP contribution < -0.4 is 4.90 Å². The summed E-state index contributed by atoms with van der Waals surface area (Å²) in [7, 11) is 1.68. The monoisotopic (exact) mass is 692 g/mol. The topological polar surface area (TPSA) is 83.8 Å². The van der Waals surface area contributed by atoms with Crippen LogP contribution in [0.25, 0.3) is 0 Å². The summed E-state index contributed by atoms with van der Waals surface area (Å²) in [6.07, 6.45) is -6.21. The first-order chi connectivity index (χ1) is 22.7. The van der Waals surface area contributed by atoms with Gasteiger partial charge in [0.1, 0.15) is 17.8 Å². The Morgan fingerprint density at radius 2 is 1.73 bits per heavy atom. The number of carbonyl (C=O) groups excluding carboxylic acids is 2. The number of ether oxygens (including phenoxy) is 1. The maximum Gasteiger partial charge on any atom is 0.416 e. The average molecular weight is 693 g/mol. The number of alkyl halides is 6. The zero-order valence-corrected chi connectivity index (χ0v) is 27.9. The Labute approximate surface area is 279 Å². The highest BCUT2D eigenvalue weighted by Gasteiger charge is 2.52. The van der Waals surface area contributed by atoms with Gasteiger partial charge in [0.2, 0.25) is 0 Å². The highest BCUT2D eigenvalue weighted by atomic mass is 19.4. The minimum atomic E-state index is -4.79. The maximum absolute atomic E-state index is 14.6. The van der Waals surface area contributed by atoms with Crippen molar-refractivity contribution in [2.45, 2.75) is 89.0 Å². The van der Waals surface area contributed by atoms with Crippen LogP contribution in [0.1, 0.15) is 85.4 Å². The molecule has 6 rings (SSSR count). The summed E-state index contributed by atoms with van der Waals surface area (Å²) >= 11 is 0. The molecule has 0 radical (unpaired) electrons. The molecule has 0 unspecified atom stereocenters. The van der Waals surface area contributed by atoms with Crippen molar-refractivity contribution in [1.82, 2.24) is 24.6 Å². The van der Waals surface area contributed by atoms with E-state index >= 15 is 0 Å². The van der Waals surface area contributed by atoms with Crippen LogP contribution >= 0.6 is 0 Å². The van der Waals surface area contributed by atoms with Crippen molar-refractivity contribution >= 4 is 17.7 Å². The molecule has 3 aliphatic rings. The number of benzene rings is 2. The van der Waals surface area contributed by atoms with E-state index in [4.69, 9.17) is 4.74 Å². The van der Waals surface area contributed by atoms with Gasteiger partial charge >= 0.3 is 18.4 Å². The summed E-state index contributed by atoms with van der Waals surface area (Å²) < 4.78 is 90.7. The van der Waals surface area contributed by atoms with Gasteiger partial charge in [-0.15, -0.1) is 10.2 Å². The molecule has 1 saturated heterocycles. The van der Waals surface area contributed by atoms with Crippen molar-refractivity contribution in [3.63, 3.8) is 0 Å². The van der Waals surface area contributed by atoms with Crippen molar-refractivity contribution in [3.8, 4) is 0 Å². The lowest BCUT2D eigenvalue weighted by atomic mass is 9.72. The SMILES string of the molecule is Cn1cnnc1C1(c2cccc(N3Cc4c(cc(CN(C(=O)OC(C)(C)C)C5(C)CCC5)cc4C(F)(F)F)C3=O)c2)CN(CC(F)(F)F)C1. The van der Waals surface area contributed by atoms with E-state index in [2.05, 4.69) is 10.2 Å². The Hall–Kier alpha value is -4.14. The molecule has 1 aromatic heterocycles. The Bertz CT molecular complexity index is 1770. The second-order valence-corrected chi connectivity index (χ2v) is 14.6. The van der Waals surface area contributed by atoms with Crippen LogP contribution in [-0.4, -0.2) is 73.5 Å². The number of anilines is 1. The van der Waals surface area contributed by atoms with Gasteiger partial charge in [-0.1, -0.05) is 12.1 Å². The number of halogens is 6. The standard InChI is InChI=1S/C34H38F6N6O3/c1-30(2,3)49-29(48)46(31(4)10-7-11-31)15-21-12-24-25(26(13-21)34(38,39)40)16-45(27(24)47)23-9-6-8-22(14-23)32(28-42-41-20-43(28)5)17-44(18-32)19-33(35,36)37/h6,8-9,12-14,20H,7,10-11,15-19H2,1-5H3. The minimum absolute atomic E-state index is 0.0225. The number of aromatic nitrogens is 3. The normalized spacial score (nSPS) is 18.9. The zero-order valence-electron chi connectivity index (χ0n) is 27.9. The number of rotatable bonds is 7. The summed E-state index contributed by atoms with van der Waals surface area (Å²) in [5.74, 6) is -0.226. The van der Waals surface area contributed by atoms with E-state index in [0.29, 0.717) is 29.9 Å². The third kappa shape index (κ3) is 6.61. The number of hydrogen-bond acceptors (Lipinski definition) is 6. The van der Waals surface area contributed by atoms with Gasteiger partial charge in [-0.3, -0.25) is 14.6 Å². The Morgan fingerprint density at radius 1 is 1.04 bits per heavy atom. The van der Waals surface area contributed by atoms with Crippen LogP contribution in [0.15, 0.2) is 42.7 Å². The zero-order chi connectivity index (χ0) is 35.7. The van der Waals surface area contributed by atoms with Crippen LogP contribution in [0.4, 0.5) is 36.8 Å². The second-order valence-electron chi connectivity index (χ2n) is 14.6. The molecule has 2 fully saturated rings. The van der Waals surface area contributed by atoms with E-state index in [1.807, 2.05) is 6.92 Å². The summed E-state index contributed by atoms with van der Waals surface area (Å²) in [6.45, 7) is 5.31. The Kier molecular flexibility index (Phi) is 8.31. The molecule has 15 heteroatoms. The molecule has 1 saturated carbocycles. The number of carbonyl (C=O) groups is 2. The molecular formula is C34H38F6N6O3. The summed E-state index contributed by atoms with van der Waals surface area (Å²) in [4.78, 5) is 31.2. The lowest BCUT2D eigenvalue weighted by molar-refractivity contribution is -0.159. The van der Waals surface area contributed by atoms with E-state index in [0.717, 1.165) is 12.5 Å². The Balaban J connectivity index is 1.34. The largest absolute Gasteiger partial charge is 0.444 e. The van der Waals surface area contributed by atoms with Crippen LogP contribution in [-0.2, 0) is 36.5 Å². The van der Waals surface area contributed by atoms with E-state index in [-0.39, 0.29) is 42.9 Å². The first-order valence-electron chi connectivity index (χ1n) is 16.0. The highest BCUT2D eigenvalue weighted by Crippen LogP contribution is 2.45. The second kappa shape index (κ2) is 11.7. The molecule has 0 N–H and O–H groups in total. The predicted octanol–water partition coefficient (Wildman–Crippen LogP) is 6.84. The lowest BCUT2D eigenvalue weighted by Gasteiger charge is -2.49. The van der Waals surface area contributed by atoms with E-state index in [1.54, 1.807) is 56.7 Å². The molecule has 2 aliphatic heterocycles. The van der Waals surface area contributed by atoms with Crippen LogP contribution in [0.5, 0.6) is 0 Å². The van der Waals surface area contributed by atoms with Crippen LogP contribution in [0.3, 0.4) is 0 Å². The van der Waals surface area contributed by atoms with Gasteiger partial charge in [-0.2, -0.15) is 26.3 Å². The van der Waals surface area contributed by atoms with Gasteiger partial charge in [0.05, 0.1) is 24.1 Å². The lowest BCUT2D eigenvalue weighted by Crippen LogP contribution is -2.62. The van der Waals surface area contributed by atoms with Gasteiger partial charge in [-0.05, 0) is 87.9 Å². The predicted molar refractivity (Wildman–Crippen MR) is 167 cm³/mol. The molecule has 2 amide bonds. The van der Waals surface area contributed by atoms with Crippen molar-refractivity contribution < 1.29 is 40.7 Å². The fourth-order valence-electron chi connectivity index (χ4n) is 7.18. The molecule has 0 spiro atoms. The van der Waals surface area contributed by atoms with Crippen molar-refractivity contribution in [1.29, 1.82) is 0 Å². The molecule has 264 valence electrons. The maximum atomic E-state index is 14.6. The third-order valence-corrected chi connectivity index (χ3v) is 9.68. The number of fused-ring (bicyclic) bond motifs is 1. The molecule has 3 heterocycles.